The highest BCUT2D eigenvalue weighted by Crippen LogP contribution is 2.49. The van der Waals surface area contributed by atoms with Gasteiger partial charge in [0, 0.05) is 33.0 Å². The van der Waals surface area contributed by atoms with Crippen molar-refractivity contribution < 1.29 is 0 Å². The van der Waals surface area contributed by atoms with Crippen LogP contribution in [0.5, 0.6) is 0 Å². The van der Waals surface area contributed by atoms with Gasteiger partial charge in [0.15, 0.2) is 0 Å². The Morgan fingerprint density at radius 3 is 1.72 bits per heavy atom. The SMILES string of the molecule is CC1(C)c2ccccc2-c2ccc(-c3cc(-c4ccc(-n5c6ccccc6c6ccccc65)cc4)cc(-c4ccccc4)n3)cc21. The van der Waals surface area contributed by atoms with E-state index >= 15 is 0 Å². The molecule has 0 radical (unpaired) electrons. The van der Waals surface area contributed by atoms with Crippen molar-refractivity contribution in [3.8, 4) is 50.5 Å². The van der Waals surface area contributed by atoms with E-state index in [9.17, 15) is 0 Å². The molecule has 0 unspecified atom stereocenters. The molecule has 0 aliphatic heterocycles. The van der Waals surface area contributed by atoms with E-state index in [2.05, 4.69) is 176 Å². The third-order valence-electron chi connectivity index (χ3n) is 9.81. The monoisotopic (exact) mass is 588 g/mol. The van der Waals surface area contributed by atoms with Gasteiger partial charge in [0.05, 0.1) is 22.4 Å². The minimum Gasteiger partial charge on any atom is -0.309 e. The van der Waals surface area contributed by atoms with Crippen molar-refractivity contribution in [2.24, 2.45) is 0 Å². The van der Waals surface area contributed by atoms with E-state index in [1.807, 2.05) is 0 Å². The number of pyridine rings is 1. The number of para-hydroxylation sites is 2. The Hall–Kier alpha value is -5.73. The first-order valence-electron chi connectivity index (χ1n) is 16.0. The minimum absolute atomic E-state index is 0.0650. The molecular formula is C44H32N2. The average molecular weight is 589 g/mol. The minimum atomic E-state index is -0.0650. The summed E-state index contributed by atoms with van der Waals surface area (Å²) in [6, 6.07) is 57.0. The zero-order valence-electron chi connectivity index (χ0n) is 25.9. The number of rotatable bonds is 4. The Morgan fingerprint density at radius 2 is 1.00 bits per heavy atom. The number of hydrogen-bond acceptors (Lipinski definition) is 1. The lowest BCUT2D eigenvalue weighted by molar-refractivity contribution is 0.660. The summed E-state index contributed by atoms with van der Waals surface area (Å²) in [5.74, 6) is 0. The predicted octanol–water partition coefficient (Wildman–Crippen LogP) is 11.5. The Bertz CT molecular complexity index is 2380. The normalized spacial score (nSPS) is 13.2. The van der Waals surface area contributed by atoms with Crippen molar-refractivity contribution in [1.82, 2.24) is 9.55 Å². The van der Waals surface area contributed by atoms with Crippen LogP contribution in [0.4, 0.5) is 0 Å². The van der Waals surface area contributed by atoms with E-state index in [1.165, 1.54) is 49.6 Å². The molecule has 1 aliphatic carbocycles. The van der Waals surface area contributed by atoms with Gasteiger partial charge in [0.25, 0.3) is 0 Å². The van der Waals surface area contributed by atoms with Crippen LogP contribution in [0.25, 0.3) is 72.3 Å². The first-order chi connectivity index (χ1) is 22.6. The van der Waals surface area contributed by atoms with Crippen molar-refractivity contribution in [2.45, 2.75) is 19.3 Å². The van der Waals surface area contributed by atoms with Crippen molar-refractivity contribution >= 4 is 21.8 Å². The van der Waals surface area contributed by atoms with E-state index in [1.54, 1.807) is 0 Å². The molecule has 218 valence electrons. The first-order valence-corrected chi connectivity index (χ1v) is 16.0. The topological polar surface area (TPSA) is 17.8 Å². The highest BCUT2D eigenvalue weighted by molar-refractivity contribution is 6.09. The molecule has 0 N–H and O–H groups in total. The van der Waals surface area contributed by atoms with Crippen LogP contribution < -0.4 is 0 Å². The second-order valence-corrected chi connectivity index (χ2v) is 12.8. The Morgan fingerprint density at radius 1 is 0.435 bits per heavy atom. The molecule has 2 heterocycles. The zero-order chi connectivity index (χ0) is 30.8. The fraction of sp³-hybridized carbons (Fsp3) is 0.0682. The van der Waals surface area contributed by atoms with Gasteiger partial charge in [-0.1, -0.05) is 129 Å². The molecule has 2 heteroatoms. The zero-order valence-corrected chi connectivity index (χ0v) is 25.9. The average Bonchev–Trinajstić information content (AvgIpc) is 3.57. The molecule has 46 heavy (non-hydrogen) atoms. The Balaban J connectivity index is 1.17. The van der Waals surface area contributed by atoms with Gasteiger partial charge in [0.1, 0.15) is 0 Å². The quantitative estimate of drug-likeness (QED) is 0.200. The highest BCUT2D eigenvalue weighted by atomic mass is 15.0. The van der Waals surface area contributed by atoms with E-state index < -0.39 is 0 Å². The second kappa shape index (κ2) is 10.2. The Labute approximate surface area is 269 Å². The van der Waals surface area contributed by atoms with E-state index in [4.69, 9.17) is 4.98 Å². The summed E-state index contributed by atoms with van der Waals surface area (Å²) in [5, 5.41) is 2.54. The number of fused-ring (bicyclic) bond motifs is 6. The first kappa shape index (κ1) is 26.7. The molecule has 2 aromatic heterocycles. The van der Waals surface area contributed by atoms with E-state index in [-0.39, 0.29) is 5.41 Å². The molecule has 8 aromatic rings. The number of benzene rings is 6. The molecular weight excluding hydrogens is 556 g/mol. The van der Waals surface area contributed by atoms with Gasteiger partial charge in [-0.15, -0.1) is 0 Å². The summed E-state index contributed by atoms with van der Waals surface area (Å²) >= 11 is 0. The summed E-state index contributed by atoms with van der Waals surface area (Å²) in [6.07, 6.45) is 0. The summed E-state index contributed by atoms with van der Waals surface area (Å²) in [7, 11) is 0. The van der Waals surface area contributed by atoms with Crippen LogP contribution in [0, 0.1) is 0 Å². The summed E-state index contributed by atoms with van der Waals surface area (Å²) in [6.45, 7) is 4.67. The molecule has 0 saturated carbocycles. The molecule has 6 aromatic carbocycles. The van der Waals surface area contributed by atoms with Crippen LogP contribution in [0.15, 0.2) is 158 Å². The molecule has 0 bridgehead atoms. The maximum Gasteiger partial charge on any atom is 0.0715 e. The lowest BCUT2D eigenvalue weighted by atomic mass is 9.82. The van der Waals surface area contributed by atoms with Crippen LogP contribution in [0.1, 0.15) is 25.0 Å². The maximum atomic E-state index is 5.24. The van der Waals surface area contributed by atoms with Gasteiger partial charge in [-0.25, -0.2) is 4.98 Å². The molecule has 1 aliphatic rings. The highest BCUT2D eigenvalue weighted by Gasteiger charge is 2.35. The molecule has 9 rings (SSSR count). The third-order valence-corrected chi connectivity index (χ3v) is 9.81. The lowest BCUT2D eigenvalue weighted by Gasteiger charge is -2.22. The molecule has 0 saturated heterocycles. The van der Waals surface area contributed by atoms with Gasteiger partial charge in [-0.2, -0.15) is 0 Å². The van der Waals surface area contributed by atoms with Gasteiger partial charge < -0.3 is 4.57 Å². The molecule has 0 spiro atoms. The molecule has 0 atom stereocenters. The van der Waals surface area contributed by atoms with Crippen LogP contribution >= 0.6 is 0 Å². The molecule has 2 nitrogen and oxygen atoms in total. The van der Waals surface area contributed by atoms with Gasteiger partial charge in [0.2, 0.25) is 0 Å². The smallest absolute Gasteiger partial charge is 0.0715 e. The van der Waals surface area contributed by atoms with Crippen LogP contribution in [0.2, 0.25) is 0 Å². The Kier molecular flexibility index (Phi) is 5.88. The number of nitrogens with zero attached hydrogens (tertiary/aromatic N) is 2. The summed E-state index contributed by atoms with van der Waals surface area (Å²) in [4.78, 5) is 5.24. The summed E-state index contributed by atoms with van der Waals surface area (Å²) < 4.78 is 2.37. The fourth-order valence-corrected chi connectivity index (χ4v) is 7.47. The van der Waals surface area contributed by atoms with Gasteiger partial charge >= 0.3 is 0 Å². The molecule has 0 amide bonds. The van der Waals surface area contributed by atoms with E-state index in [0.717, 1.165) is 33.8 Å². The van der Waals surface area contributed by atoms with E-state index in [0.29, 0.717) is 0 Å². The van der Waals surface area contributed by atoms with Gasteiger partial charge in [-0.05, 0) is 75.8 Å². The largest absolute Gasteiger partial charge is 0.309 e. The second-order valence-electron chi connectivity index (χ2n) is 12.8. The number of aromatic nitrogens is 2. The van der Waals surface area contributed by atoms with Crippen molar-refractivity contribution in [1.29, 1.82) is 0 Å². The fourth-order valence-electron chi connectivity index (χ4n) is 7.47. The lowest BCUT2D eigenvalue weighted by Crippen LogP contribution is -2.14. The predicted molar refractivity (Wildman–Crippen MR) is 192 cm³/mol. The van der Waals surface area contributed by atoms with Crippen LogP contribution in [-0.4, -0.2) is 9.55 Å². The number of hydrogen-bond donors (Lipinski definition) is 0. The maximum absolute atomic E-state index is 5.24. The summed E-state index contributed by atoms with van der Waals surface area (Å²) in [5.41, 5.74) is 15.5. The standard InChI is InChI=1S/C44H32N2/c1-44(2)38-17-9-6-14-34(38)35-25-22-31(26-39(35)44)41-28-32(27-40(45-41)30-12-4-3-5-13-30)29-20-23-33(24-21-29)46-42-18-10-7-15-36(42)37-16-8-11-19-43(37)46/h3-28H,1-2H3. The van der Waals surface area contributed by atoms with Crippen LogP contribution in [0.3, 0.4) is 0 Å². The van der Waals surface area contributed by atoms with Crippen molar-refractivity contribution in [3.63, 3.8) is 0 Å². The van der Waals surface area contributed by atoms with Crippen molar-refractivity contribution in [2.75, 3.05) is 0 Å². The molecule has 0 fully saturated rings. The third kappa shape index (κ3) is 4.07. The van der Waals surface area contributed by atoms with Crippen molar-refractivity contribution in [3.05, 3.63) is 169 Å². The van der Waals surface area contributed by atoms with Gasteiger partial charge in [-0.3, -0.25) is 0 Å². The van der Waals surface area contributed by atoms with Crippen LogP contribution in [-0.2, 0) is 5.41 Å².